The summed E-state index contributed by atoms with van der Waals surface area (Å²) >= 11 is 6.01. The van der Waals surface area contributed by atoms with Gasteiger partial charge in [0.25, 0.3) is 0 Å². The molecule has 0 bridgehead atoms. The van der Waals surface area contributed by atoms with Crippen LogP contribution in [0.15, 0.2) is 24.3 Å². The second kappa shape index (κ2) is 11.1. The van der Waals surface area contributed by atoms with Gasteiger partial charge in [0.2, 0.25) is 5.91 Å². The highest BCUT2D eigenvalue weighted by molar-refractivity contribution is 6.30. The molecule has 1 aromatic carbocycles. The van der Waals surface area contributed by atoms with Crippen LogP contribution in [0.4, 0.5) is 0 Å². The van der Waals surface area contributed by atoms with Crippen molar-refractivity contribution in [3.8, 4) is 0 Å². The highest BCUT2D eigenvalue weighted by Gasteiger charge is 2.20. The van der Waals surface area contributed by atoms with Crippen molar-refractivity contribution in [2.24, 2.45) is 5.73 Å². The Morgan fingerprint density at radius 3 is 2.48 bits per heavy atom. The van der Waals surface area contributed by atoms with Crippen LogP contribution in [-0.2, 0) is 11.3 Å². The number of benzene rings is 1. The van der Waals surface area contributed by atoms with Gasteiger partial charge in [0.15, 0.2) is 0 Å². The summed E-state index contributed by atoms with van der Waals surface area (Å²) in [6, 6.07) is 8.05. The Bertz CT molecular complexity index is 477. The third-order valence-corrected chi connectivity index (χ3v) is 4.07. The second-order valence-corrected chi connectivity index (χ2v) is 6.24. The lowest BCUT2D eigenvalue weighted by Crippen LogP contribution is -2.48. The molecule has 132 valence electrons. The van der Waals surface area contributed by atoms with E-state index in [9.17, 15) is 4.79 Å². The Balaban J connectivity index is 0.00000242. The number of rotatable bonds is 5. The third kappa shape index (κ3) is 7.73. The van der Waals surface area contributed by atoms with Crippen LogP contribution in [0.1, 0.15) is 25.3 Å². The van der Waals surface area contributed by atoms with Crippen molar-refractivity contribution in [1.29, 1.82) is 0 Å². The van der Waals surface area contributed by atoms with Gasteiger partial charge in [-0.3, -0.25) is 9.69 Å². The fourth-order valence-electron chi connectivity index (χ4n) is 2.56. The number of piperazine rings is 1. The quantitative estimate of drug-likeness (QED) is 0.852. The molecule has 7 heteroatoms. The number of hydrogen-bond acceptors (Lipinski definition) is 3. The number of halogens is 3. The number of carbonyl (C=O) groups is 1. The summed E-state index contributed by atoms with van der Waals surface area (Å²) in [6.45, 7) is 6.27. The van der Waals surface area contributed by atoms with Gasteiger partial charge >= 0.3 is 0 Å². The van der Waals surface area contributed by atoms with Crippen molar-refractivity contribution < 1.29 is 4.79 Å². The zero-order valence-electron chi connectivity index (χ0n) is 13.4. The first-order chi connectivity index (χ1) is 10.0. The van der Waals surface area contributed by atoms with E-state index in [0.717, 1.165) is 44.2 Å². The molecule has 1 aliphatic rings. The van der Waals surface area contributed by atoms with Gasteiger partial charge in [0.05, 0.1) is 0 Å². The van der Waals surface area contributed by atoms with Crippen molar-refractivity contribution in [3.05, 3.63) is 34.9 Å². The molecule has 1 aliphatic heterocycles. The van der Waals surface area contributed by atoms with Crippen LogP contribution in [0.2, 0.25) is 5.02 Å². The summed E-state index contributed by atoms with van der Waals surface area (Å²) in [5.41, 5.74) is 6.92. The number of carbonyl (C=O) groups excluding carboxylic acids is 1. The molecule has 1 amide bonds. The molecule has 0 saturated carbocycles. The highest BCUT2D eigenvalue weighted by atomic mass is 35.5. The Morgan fingerprint density at radius 2 is 1.91 bits per heavy atom. The van der Waals surface area contributed by atoms with E-state index in [1.807, 2.05) is 30.0 Å². The fourth-order valence-corrected chi connectivity index (χ4v) is 2.77. The monoisotopic (exact) mass is 381 g/mol. The molecule has 1 fully saturated rings. The molecule has 0 radical (unpaired) electrons. The smallest absolute Gasteiger partial charge is 0.222 e. The molecule has 1 aromatic rings. The number of hydrogen-bond donors (Lipinski definition) is 1. The van der Waals surface area contributed by atoms with Crippen LogP contribution in [0, 0.1) is 0 Å². The van der Waals surface area contributed by atoms with E-state index < -0.39 is 0 Å². The first-order valence-corrected chi connectivity index (χ1v) is 7.92. The van der Waals surface area contributed by atoms with Gasteiger partial charge in [0, 0.05) is 50.2 Å². The maximum Gasteiger partial charge on any atom is 0.222 e. The van der Waals surface area contributed by atoms with Crippen LogP contribution in [0.5, 0.6) is 0 Å². The maximum atomic E-state index is 12.0. The van der Waals surface area contributed by atoms with Gasteiger partial charge in [0.1, 0.15) is 0 Å². The van der Waals surface area contributed by atoms with Crippen molar-refractivity contribution >= 4 is 42.3 Å². The van der Waals surface area contributed by atoms with Gasteiger partial charge in [-0.1, -0.05) is 23.7 Å². The molecule has 1 unspecified atom stereocenters. The predicted molar refractivity (Wildman–Crippen MR) is 101 cm³/mol. The summed E-state index contributed by atoms with van der Waals surface area (Å²) in [5, 5.41) is 0.775. The van der Waals surface area contributed by atoms with Crippen molar-refractivity contribution in [2.45, 2.75) is 32.4 Å². The van der Waals surface area contributed by atoms with Gasteiger partial charge in [-0.25, -0.2) is 0 Å². The van der Waals surface area contributed by atoms with E-state index in [-0.39, 0.29) is 36.8 Å². The zero-order valence-corrected chi connectivity index (χ0v) is 15.8. The zero-order chi connectivity index (χ0) is 15.2. The van der Waals surface area contributed by atoms with E-state index in [0.29, 0.717) is 6.42 Å². The Kier molecular flexibility index (Phi) is 10.9. The molecule has 1 atom stereocenters. The van der Waals surface area contributed by atoms with Crippen molar-refractivity contribution in [1.82, 2.24) is 9.80 Å². The first-order valence-electron chi connectivity index (χ1n) is 7.55. The van der Waals surface area contributed by atoms with E-state index in [2.05, 4.69) is 11.0 Å². The maximum absolute atomic E-state index is 12.0. The normalized spacial score (nSPS) is 16.2. The van der Waals surface area contributed by atoms with Crippen molar-refractivity contribution in [3.63, 3.8) is 0 Å². The summed E-state index contributed by atoms with van der Waals surface area (Å²) in [6.07, 6.45) is 1.33. The minimum absolute atomic E-state index is 0. The largest absolute Gasteiger partial charge is 0.340 e. The summed E-state index contributed by atoms with van der Waals surface area (Å²) < 4.78 is 0. The highest BCUT2D eigenvalue weighted by Crippen LogP contribution is 2.14. The van der Waals surface area contributed by atoms with E-state index in [1.54, 1.807) is 0 Å². The lowest BCUT2D eigenvalue weighted by atomic mass is 10.1. The molecular weight excluding hydrogens is 357 g/mol. The van der Waals surface area contributed by atoms with Crippen LogP contribution in [0.25, 0.3) is 0 Å². The van der Waals surface area contributed by atoms with E-state index in [1.165, 1.54) is 5.56 Å². The minimum Gasteiger partial charge on any atom is -0.340 e. The Labute approximate surface area is 156 Å². The molecule has 23 heavy (non-hydrogen) atoms. The first kappa shape index (κ1) is 22.5. The Morgan fingerprint density at radius 1 is 1.26 bits per heavy atom. The molecular formula is C16H26Cl3N3O. The van der Waals surface area contributed by atoms with Gasteiger partial charge in [-0.2, -0.15) is 0 Å². The molecule has 0 aromatic heterocycles. The topological polar surface area (TPSA) is 49.6 Å². The van der Waals surface area contributed by atoms with Gasteiger partial charge < -0.3 is 10.6 Å². The van der Waals surface area contributed by atoms with Crippen molar-refractivity contribution in [2.75, 3.05) is 26.2 Å². The summed E-state index contributed by atoms with van der Waals surface area (Å²) in [5.74, 6) is 0.231. The Hall–Kier alpha value is -0.520. The third-order valence-electron chi connectivity index (χ3n) is 3.83. The molecule has 1 saturated heterocycles. The molecule has 2 N–H and O–H groups in total. The predicted octanol–water partition coefficient (Wildman–Crippen LogP) is 2.96. The second-order valence-electron chi connectivity index (χ2n) is 5.80. The number of nitrogens with zero attached hydrogens (tertiary/aromatic N) is 2. The van der Waals surface area contributed by atoms with Crippen LogP contribution < -0.4 is 5.73 Å². The number of nitrogens with two attached hydrogens (primary N) is 1. The van der Waals surface area contributed by atoms with Crippen LogP contribution in [-0.4, -0.2) is 47.9 Å². The molecule has 2 rings (SSSR count). The van der Waals surface area contributed by atoms with E-state index in [4.69, 9.17) is 17.3 Å². The molecule has 0 aliphatic carbocycles. The van der Waals surface area contributed by atoms with E-state index >= 15 is 0 Å². The molecule has 1 heterocycles. The SMILES string of the molecule is CC(N)CCC(=O)N1CCN(Cc2cccc(Cl)c2)CC1.Cl.Cl. The van der Waals surface area contributed by atoms with Crippen LogP contribution >= 0.6 is 36.4 Å². The average Bonchev–Trinajstić information content (AvgIpc) is 2.45. The fraction of sp³-hybridized carbons (Fsp3) is 0.562. The average molecular weight is 383 g/mol. The van der Waals surface area contributed by atoms with Crippen LogP contribution in [0.3, 0.4) is 0 Å². The van der Waals surface area contributed by atoms with Gasteiger partial charge in [-0.15, -0.1) is 24.8 Å². The summed E-state index contributed by atoms with van der Waals surface area (Å²) in [4.78, 5) is 16.4. The lowest BCUT2D eigenvalue weighted by molar-refractivity contribution is -0.133. The number of amides is 1. The van der Waals surface area contributed by atoms with Gasteiger partial charge in [-0.05, 0) is 31.0 Å². The molecule has 0 spiro atoms. The minimum atomic E-state index is 0. The standard InChI is InChI=1S/C16H24ClN3O.2ClH/c1-13(18)5-6-16(21)20-9-7-19(8-10-20)12-14-3-2-4-15(17)11-14;;/h2-4,11,13H,5-10,12,18H2,1H3;2*1H. The molecule has 4 nitrogen and oxygen atoms in total. The lowest BCUT2D eigenvalue weighted by Gasteiger charge is -2.35. The summed E-state index contributed by atoms with van der Waals surface area (Å²) in [7, 11) is 0.